The normalized spacial score (nSPS) is 18.9. The summed E-state index contributed by atoms with van der Waals surface area (Å²) in [6.07, 6.45) is 0.805. The Kier molecular flexibility index (Phi) is 7.18. The molecule has 1 unspecified atom stereocenters. The summed E-state index contributed by atoms with van der Waals surface area (Å²) in [5.41, 5.74) is 8.76. The average molecular weight is 531 g/mol. The summed E-state index contributed by atoms with van der Waals surface area (Å²) >= 11 is 0. The summed E-state index contributed by atoms with van der Waals surface area (Å²) in [6, 6.07) is 14.6. The summed E-state index contributed by atoms with van der Waals surface area (Å²) in [5.74, 6) is 4.27. The molecule has 2 saturated heterocycles. The fraction of sp³-hybridized carbons (Fsp3) is 0.357. The van der Waals surface area contributed by atoms with Gasteiger partial charge in [0, 0.05) is 31.2 Å². The van der Waals surface area contributed by atoms with Crippen LogP contribution >= 0.6 is 0 Å². The number of halogens is 2. The molecule has 9 nitrogen and oxygen atoms in total. The van der Waals surface area contributed by atoms with Crippen molar-refractivity contribution in [2.24, 2.45) is 0 Å². The van der Waals surface area contributed by atoms with Crippen molar-refractivity contribution in [1.29, 1.82) is 5.26 Å². The van der Waals surface area contributed by atoms with Gasteiger partial charge in [-0.15, -0.1) is 10.2 Å². The molecule has 1 atom stereocenters. The molecule has 39 heavy (non-hydrogen) atoms. The van der Waals surface area contributed by atoms with Gasteiger partial charge in [-0.2, -0.15) is 5.26 Å². The zero-order valence-corrected chi connectivity index (χ0v) is 21.5. The molecule has 2 aliphatic rings. The van der Waals surface area contributed by atoms with Gasteiger partial charge in [-0.25, -0.2) is 13.8 Å². The Hall–Kier alpha value is -4.48. The summed E-state index contributed by atoms with van der Waals surface area (Å²) in [7, 11) is 0. The fourth-order valence-electron chi connectivity index (χ4n) is 4.86. The Morgan fingerprint density at radius 3 is 2.67 bits per heavy atom. The van der Waals surface area contributed by atoms with Gasteiger partial charge in [0.1, 0.15) is 23.3 Å². The predicted molar refractivity (Wildman–Crippen MR) is 144 cm³/mol. The maximum absolute atomic E-state index is 13.1. The van der Waals surface area contributed by atoms with E-state index in [1.165, 1.54) is 0 Å². The van der Waals surface area contributed by atoms with Gasteiger partial charge < -0.3 is 20.6 Å². The number of hydrogen-bond donors (Lipinski definition) is 2. The highest BCUT2D eigenvalue weighted by atomic mass is 19.3. The summed E-state index contributed by atoms with van der Waals surface area (Å²) in [5, 5.41) is 28.1. The highest BCUT2D eigenvalue weighted by Gasteiger charge is 2.43. The van der Waals surface area contributed by atoms with Crippen LogP contribution in [0.4, 0.5) is 26.1 Å². The third-order valence-electron chi connectivity index (χ3n) is 7.00. The van der Waals surface area contributed by atoms with Gasteiger partial charge in [-0.1, -0.05) is 18.1 Å². The first-order valence-corrected chi connectivity index (χ1v) is 12.7. The van der Waals surface area contributed by atoms with Crippen molar-refractivity contribution in [3.05, 3.63) is 53.7 Å². The van der Waals surface area contributed by atoms with E-state index >= 15 is 0 Å². The van der Waals surface area contributed by atoms with E-state index in [0.29, 0.717) is 47.2 Å². The number of phenols is 1. The van der Waals surface area contributed by atoms with Crippen LogP contribution in [-0.4, -0.2) is 76.4 Å². The van der Waals surface area contributed by atoms with Gasteiger partial charge in [0.25, 0.3) is 5.92 Å². The van der Waals surface area contributed by atoms with Gasteiger partial charge in [0.2, 0.25) is 0 Å². The highest BCUT2D eigenvalue weighted by molar-refractivity contribution is 5.74. The largest absolute Gasteiger partial charge is 0.507 e. The number of nitriles is 1. The Morgan fingerprint density at radius 1 is 1.13 bits per heavy atom. The lowest BCUT2D eigenvalue weighted by molar-refractivity contribution is -0.125. The molecule has 200 valence electrons. The number of para-hydroxylation sites is 1. The Balaban J connectivity index is 1.34. The highest BCUT2D eigenvalue weighted by Crippen LogP contribution is 2.32. The quantitative estimate of drug-likeness (QED) is 0.491. The number of aromatic hydroxyl groups is 1. The average Bonchev–Trinajstić information content (AvgIpc) is 3.09. The number of likely N-dealkylation sites (tertiary alicyclic amines) is 1. The van der Waals surface area contributed by atoms with Crippen molar-refractivity contribution >= 4 is 17.3 Å². The van der Waals surface area contributed by atoms with E-state index in [-0.39, 0.29) is 31.4 Å². The number of nitrogens with two attached hydrogens (primary N) is 1. The molecule has 11 heteroatoms. The van der Waals surface area contributed by atoms with Crippen LogP contribution in [0.5, 0.6) is 5.75 Å². The number of phenolic OH excluding ortho intramolecular Hbond substituents is 1. The summed E-state index contributed by atoms with van der Waals surface area (Å²) in [6.45, 7) is 3.69. The predicted octanol–water partition coefficient (Wildman–Crippen LogP) is 3.11. The van der Waals surface area contributed by atoms with Gasteiger partial charge in [-0.05, 0) is 49.6 Å². The van der Waals surface area contributed by atoms with E-state index in [4.69, 9.17) is 5.73 Å². The molecule has 0 bridgehead atoms. The maximum Gasteiger partial charge on any atom is 0.273 e. The topological polar surface area (TPSA) is 118 Å². The molecular weight excluding hydrogens is 502 g/mol. The molecule has 1 aromatic carbocycles. The minimum absolute atomic E-state index is 0.117. The number of rotatable bonds is 4. The van der Waals surface area contributed by atoms with Gasteiger partial charge in [0.05, 0.1) is 36.6 Å². The van der Waals surface area contributed by atoms with Gasteiger partial charge in [0.15, 0.2) is 5.82 Å². The molecular formula is C28H28F2N8O. The summed E-state index contributed by atoms with van der Waals surface area (Å²) < 4.78 is 26.2. The SMILES string of the molecule is CC1CCN(c2cc(-c3ccccc3O)nnc2N)CCN1c1ccc(C#N)c(C#CCN2CC(F)(F)C2)n1. The number of hydrogen-bond acceptors (Lipinski definition) is 9. The van der Waals surface area contributed by atoms with Crippen molar-refractivity contribution in [2.45, 2.75) is 25.3 Å². The molecule has 2 aliphatic heterocycles. The molecule has 4 heterocycles. The van der Waals surface area contributed by atoms with Crippen LogP contribution < -0.4 is 15.5 Å². The van der Waals surface area contributed by atoms with Gasteiger partial charge in [-0.3, -0.25) is 4.90 Å². The number of pyridine rings is 1. The molecule has 0 saturated carbocycles. The Bertz CT molecular complexity index is 1470. The Labute approximate surface area is 225 Å². The number of benzene rings is 1. The van der Waals surface area contributed by atoms with E-state index in [2.05, 4.69) is 49.8 Å². The minimum Gasteiger partial charge on any atom is -0.507 e. The first kappa shape index (κ1) is 26.1. The van der Waals surface area contributed by atoms with Crippen molar-refractivity contribution in [3.8, 4) is 34.9 Å². The minimum atomic E-state index is -2.64. The van der Waals surface area contributed by atoms with Crippen LogP contribution in [0.15, 0.2) is 42.5 Å². The monoisotopic (exact) mass is 530 g/mol. The van der Waals surface area contributed by atoms with Crippen LogP contribution in [-0.2, 0) is 0 Å². The van der Waals surface area contributed by atoms with E-state index in [1.54, 1.807) is 29.2 Å². The molecule has 5 rings (SSSR count). The van der Waals surface area contributed by atoms with Crippen LogP contribution in [0.25, 0.3) is 11.3 Å². The molecule has 0 spiro atoms. The van der Waals surface area contributed by atoms with E-state index in [9.17, 15) is 19.1 Å². The second-order valence-corrected chi connectivity index (χ2v) is 9.82. The van der Waals surface area contributed by atoms with Crippen LogP contribution in [0.3, 0.4) is 0 Å². The first-order valence-electron chi connectivity index (χ1n) is 12.7. The number of anilines is 3. The van der Waals surface area contributed by atoms with Crippen LogP contribution in [0, 0.1) is 23.2 Å². The number of nitrogen functional groups attached to an aromatic ring is 1. The second-order valence-electron chi connectivity index (χ2n) is 9.82. The zero-order valence-electron chi connectivity index (χ0n) is 21.5. The molecule has 3 aromatic rings. The zero-order chi connectivity index (χ0) is 27.6. The lowest BCUT2D eigenvalue weighted by atomic mass is 10.1. The van der Waals surface area contributed by atoms with Crippen molar-refractivity contribution in [2.75, 3.05) is 54.8 Å². The maximum atomic E-state index is 13.1. The smallest absolute Gasteiger partial charge is 0.273 e. The van der Waals surface area contributed by atoms with Crippen molar-refractivity contribution in [3.63, 3.8) is 0 Å². The molecule has 0 amide bonds. The molecule has 2 fully saturated rings. The van der Waals surface area contributed by atoms with E-state index in [1.807, 2.05) is 18.2 Å². The Morgan fingerprint density at radius 2 is 1.92 bits per heavy atom. The lowest BCUT2D eigenvalue weighted by Crippen LogP contribution is -2.55. The van der Waals surface area contributed by atoms with E-state index in [0.717, 1.165) is 18.7 Å². The van der Waals surface area contributed by atoms with E-state index < -0.39 is 5.92 Å². The standard InChI is InChI=1S/C28H28F2N8O/c1-19-10-12-37(24-15-23(34-35-27(24)32)21-5-2-3-7-25(21)39)13-14-38(19)26-9-8-20(16-31)22(33-26)6-4-11-36-17-28(29,30)18-36/h2-3,5,7-9,15,19,39H,10-14,17-18H2,1H3,(H2,32,35). The third-order valence-corrected chi connectivity index (χ3v) is 7.00. The summed E-state index contributed by atoms with van der Waals surface area (Å²) in [4.78, 5) is 10.5. The van der Waals surface area contributed by atoms with Gasteiger partial charge >= 0.3 is 0 Å². The lowest BCUT2D eigenvalue weighted by Gasteiger charge is -2.37. The number of nitrogens with zero attached hydrogens (tertiary/aromatic N) is 7. The van der Waals surface area contributed by atoms with Crippen LogP contribution in [0.2, 0.25) is 0 Å². The van der Waals surface area contributed by atoms with Crippen molar-refractivity contribution < 1.29 is 13.9 Å². The third kappa shape index (κ3) is 5.69. The fourth-order valence-corrected chi connectivity index (χ4v) is 4.86. The first-order chi connectivity index (χ1) is 18.7. The molecule has 3 N–H and O–H groups in total. The number of aromatic nitrogens is 3. The molecule has 0 radical (unpaired) electrons. The molecule has 2 aromatic heterocycles. The molecule has 0 aliphatic carbocycles. The number of alkyl halides is 2. The van der Waals surface area contributed by atoms with Crippen molar-refractivity contribution in [1.82, 2.24) is 20.1 Å². The second kappa shape index (κ2) is 10.7. The van der Waals surface area contributed by atoms with Crippen LogP contribution in [0.1, 0.15) is 24.6 Å².